The Hall–Kier alpha value is -0.320. The van der Waals surface area contributed by atoms with Gasteiger partial charge in [0.15, 0.2) is 0 Å². The molecule has 1 aromatic rings. The number of rotatable bonds is 5. The maximum absolute atomic E-state index is 6.14. The van der Waals surface area contributed by atoms with Crippen LogP contribution >= 0.6 is 27.5 Å². The van der Waals surface area contributed by atoms with Crippen LogP contribution in [0.2, 0.25) is 5.02 Å². The molecule has 1 atom stereocenters. The third kappa shape index (κ3) is 4.45. The molecule has 5 heteroatoms. The molecule has 0 bridgehead atoms. The Morgan fingerprint density at radius 3 is 2.71 bits per heavy atom. The summed E-state index contributed by atoms with van der Waals surface area (Å²) in [6.45, 7) is 5.12. The van der Waals surface area contributed by atoms with Gasteiger partial charge in [0.1, 0.15) is 5.82 Å². The molecule has 0 amide bonds. The highest BCUT2D eigenvalue weighted by Gasteiger charge is 2.12. The fraction of sp³-hybridized carbons (Fsp3) is 0.583. The molecule has 1 aromatic heterocycles. The molecule has 2 N–H and O–H groups in total. The number of aromatic nitrogens is 1. The number of pyridine rings is 1. The number of nitrogens with two attached hydrogens (primary N) is 1. The Balaban J connectivity index is 2.61. The largest absolute Gasteiger partial charge is 0.358 e. The first-order valence-corrected chi connectivity index (χ1v) is 6.86. The number of hydrogen-bond acceptors (Lipinski definition) is 3. The normalized spacial score (nSPS) is 12.9. The van der Waals surface area contributed by atoms with Gasteiger partial charge in [-0.1, -0.05) is 25.4 Å². The third-order valence-corrected chi connectivity index (χ3v) is 3.52. The van der Waals surface area contributed by atoms with Crippen LogP contribution in [0.25, 0.3) is 0 Å². The van der Waals surface area contributed by atoms with Crippen molar-refractivity contribution in [2.75, 3.05) is 18.5 Å². The smallest absolute Gasteiger partial charge is 0.147 e. The third-order valence-electron chi connectivity index (χ3n) is 2.80. The fourth-order valence-electron chi connectivity index (χ4n) is 1.47. The Morgan fingerprint density at radius 1 is 1.53 bits per heavy atom. The summed E-state index contributed by atoms with van der Waals surface area (Å²) in [5.41, 5.74) is 6.02. The first-order chi connectivity index (χ1) is 7.91. The van der Waals surface area contributed by atoms with Gasteiger partial charge >= 0.3 is 0 Å². The Kier molecular flexibility index (Phi) is 5.70. The zero-order chi connectivity index (χ0) is 13.0. The molecule has 0 aliphatic heterocycles. The van der Waals surface area contributed by atoms with E-state index >= 15 is 0 Å². The predicted octanol–water partition coefficient (Wildman–Crippen LogP) is 3.31. The van der Waals surface area contributed by atoms with Gasteiger partial charge in [-0.05, 0) is 34.3 Å². The second-order valence-electron chi connectivity index (χ2n) is 4.58. The van der Waals surface area contributed by atoms with Gasteiger partial charge in [0.25, 0.3) is 0 Å². The van der Waals surface area contributed by atoms with E-state index in [-0.39, 0.29) is 6.04 Å². The van der Waals surface area contributed by atoms with E-state index in [1.54, 1.807) is 6.20 Å². The molecule has 0 aliphatic rings. The van der Waals surface area contributed by atoms with Gasteiger partial charge in [-0.25, -0.2) is 4.98 Å². The molecule has 3 nitrogen and oxygen atoms in total. The van der Waals surface area contributed by atoms with Crippen LogP contribution in [0.15, 0.2) is 16.7 Å². The van der Waals surface area contributed by atoms with Crippen molar-refractivity contribution in [1.82, 2.24) is 4.98 Å². The van der Waals surface area contributed by atoms with E-state index in [0.717, 1.165) is 23.3 Å². The molecule has 0 saturated carbocycles. The monoisotopic (exact) mass is 319 g/mol. The van der Waals surface area contributed by atoms with Crippen molar-refractivity contribution in [1.29, 1.82) is 0 Å². The molecule has 0 aromatic carbocycles. The van der Waals surface area contributed by atoms with Crippen LogP contribution in [0, 0.1) is 5.92 Å². The molecule has 1 rings (SSSR count). The van der Waals surface area contributed by atoms with Crippen molar-refractivity contribution < 1.29 is 0 Å². The molecule has 0 radical (unpaired) electrons. The summed E-state index contributed by atoms with van der Waals surface area (Å²) in [7, 11) is 1.98. The van der Waals surface area contributed by atoms with Crippen molar-refractivity contribution >= 4 is 33.3 Å². The van der Waals surface area contributed by atoms with Crippen LogP contribution in [0.3, 0.4) is 0 Å². The highest BCUT2D eigenvalue weighted by molar-refractivity contribution is 9.10. The van der Waals surface area contributed by atoms with Crippen LogP contribution in [0.5, 0.6) is 0 Å². The molecular formula is C12H19BrClN3. The van der Waals surface area contributed by atoms with E-state index in [4.69, 9.17) is 17.3 Å². The lowest BCUT2D eigenvalue weighted by molar-refractivity contribution is 0.466. The highest BCUT2D eigenvalue weighted by Crippen LogP contribution is 2.25. The second-order valence-corrected chi connectivity index (χ2v) is 5.90. The van der Waals surface area contributed by atoms with Gasteiger partial charge in [-0.3, -0.25) is 0 Å². The lowest BCUT2D eigenvalue weighted by atomic mass is 10.0. The van der Waals surface area contributed by atoms with Crippen LogP contribution in [0.4, 0.5) is 5.82 Å². The number of anilines is 1. The fourth-order valence-corrected chi connectivity index (χ4v) is 2.24. The molecule has 96 valence electrons. The van der Waals surface area contributed by atoms with Gasteiger partial charge in [0.05, 0.1) is 5.02 Å². The number of nitrogens with zero attached hydrogens (tertiary/aromatic N) is 2. The van der Waals surface area contributed by atoms with E-state index < -0.39 is 0 Å². The molecule has 1 heterocycles. The first kappa shape index (κ1) is 14.7. The van der Waals surface area contributed by atoms with E-state index in [9.17, 15) is 0 Å². The topological polar surface area (TPSA) is 42.1 Å². The SMILES string of the molecule is CC(C)C(N)CCN(C)c1ncc(Br)cc1Cl. The molecule has 1 unspecified atom stereocenters. The summed E-state index contributed by atoms with van der Waals surface area (Å²) in [5.74, 6) is 1.29. The zero-order valence-corrected chi connectivity index (χ0v) is 12.8. The maximum Gasteiger partial charge on any atom is 0.147 e. The standard InChI is InChI=1S/C12H19BrClN3/c1-8(2)11(15)4-5-17(3)12-10(14)6-9(13)7-16-12/h6-8,11H,4-5,15H2,1-3H3. The van der Waals surface area contributed by atoms with Gasteiger partial charge < -0.3 is 10.6 Å². The minimum atomic E-state index is 0.215. The quantitative estimate of drug-likeness (QED) is 0.905. The summed E-state index contributed by atoms with van der Waals surface area (Å²) in [5, 5.41) is 0.653. The average molecular weight is 321 g/mol. The first-order valence-electron chi connectivity index (χ1n) is 5.69. The Morgan fingerprint density at radius 2 is 2.18 bits per heavy atom. The van der Waals surface area contributed by atoms with E-state index in [1.165, 1.54) is 0 Å². The van der Waals surface area contributed by atoms with Crippen LogP contribution in [-0.2, 0) is 0 Å². The second kappa shape index (κ2) is 6.57. The molecule has 0 spiro atoms. The summed E-state index contributed by atoms with van der Waals surface area (Å²) in [6.07, 6.45) is 2.68. The minimum Gasteiger partial charge on any atom is -0.358 e. The molecule has 17 heavy (non-hydrogen) atoms. The number of halogens is 2. The van der Waals surface area contributed by atoms with Crippen molar-refractivity contribution in [3.8, 4) is 0 Å². The summed E-state index contributed by atoms with van der Waals surface area (Å²) < 4.78 is 0.888. The van der Waals surface area contributed by atoms with Crippen LogP contribution in [0.1, 0.15) is 20.3 Å². The molecule has 0 fully saturated rings. The lowest BCUT2D eigenvalue weighted by Crippen LogP contribution is -2.32. The van der Waals surface area contributed by atoms with E-state index in [2.05, 4.69) is 34.8 Å². The average Bonchev–Trinajstić information content (AvgIpc) is 2.25. The molecule has 0 aliphatic carbocycles. The number of hydrogen-bond donors (Lipinski definition) is 1. The lowest BCUT2D eigenvalue weighted by Gasteiger charge is -2.23. The van der Waals surface area contributed by atoms with E-state index in [0.29, 0.717) is 10.9 Å². The van der Waals surface area contributed by atoms with Crippen molar-refractivity contribution in [2.24, 2.45) is 11.7 Å². The highest BCUT2D eigenvalue weighted by atomic mass is 79.9. The zero-order valence-electron chi connectivity index (χ0n) is 10.5. The molecule has 0 saturated heterocycles. The van der Waals surface area contributed by atoms with Crippen molar-refractivity contribution in [3.05, 3.63) is 21.8 Å². The summed E-state index contributed by atoms with van der Waals surface area (Å²) in [4.78, 5) is 6.35. The van der Waals surface area contributed by atoms with Crippen molar-refractivity contribution in [2.45, 2.75) is 26.3 Å². The van der Waals surface area contributed by atoms with Gasteiger partial charge in [0.2, 0.25) is 0 Å². The predicted molar refractivity (Wildman–Crippen MR) is 77.6 cm³/mol. The Bertz CT molecular complexity index is 371. The van der Waals surface area contributed by atoms with Crippen molar-refractivity contribution in [3.63, 3.8) is 0 Å². The maximum atomic E-state index is 6.14. The molecular weight excluding hydrogens is 302 g/mol. The van der Waals surface area contributed by atoms with Crippen LogP contribution in [-0.4, -0.2) is 24.6 Å². The summed E-state index contributed by atoms with van der Waals surface area (Å²) in [6, 6.07) is 2.06. The van der Waals surface area contributed by atoms with Gasteiger partial charge in [-0.15, -0.1) is 0 Å². The van der Waals surface area contributed by atoms with Crippen LogP contribution < -0.4 is 10.6 Å². The Labute approximate surface area is 116 Å². The van der Waals surface area contributed by atoms with E-state index in [1.807, 2.05) is 18.0 Å². The van der Waals surface area contributed by atoms with Gasteiger partial charge in [-0.2, -0.15) is 0 Å². The van der Waals surface area contributed by atoms with Gasteiger partial charge in [0, 0.05) is 30.3 Å². The summed E-state index contributed by atoms with van der Waals surface area (Å²) >= 11 is 9.48. The minimum absolute atomic E-state index is 0.215.